The van der Waals surface area contributed by atoms with Crippen molar-refractivity contribution < 1.29 is 0 Å². The first-order chi connectivity index (χ1) is 6.75. The van der Waals surface area contributed by atoms with Gasteiger partial charge in [-0.25, -0.2) is 0 Å². The SMILES string of the molecule is CN1CCC(CCN(C)C2CNC2)C1. The predicted molar refractivity (Wildman–Crippen MR) is 59.5 cm³/mol. The molecule has 3 heteroatoms. The van der Waals surface area contributed by atoms with E-state index in [0.717, 1.165) is 12.0 Å². The minimum absolute atomic E-state index is 0.814. The minimum atomic E-state index is 0.814. The molecule has 0 spiro atoms. The van der Waals surface area contributed by atoms with Crippen molar-refractivity contribution in [2.45, 2.75) is 18.9 Å². The van der Waals surface area contributed by atoms with Gasteiger partial charge in [0.15, 0.2) is 0 Å². The van der Waals surface area contributed by atoms with Crippen LogP contribution in [0.15, 0.2) is 0 Å². The molecule has 2 heterocycles. The van der Waals surface area contributed by atoms with Gasteiger partial charge in [0.1, 0.15) is 0 Å². The average molecular weight is 197 g/mol. The van der Waals surface area contributed by atoms with Crippen molar-refractivity contribution in [2.24, 2.45) is 5.92 Å². The Morgan fingerprint density at radius 3 is 2.71 bits per heavy atom. The van der Waals surface area contributed by atoms with E-state index in [9.17, 15) is 0 Å². The van der Waals surface area contributed by atoms with Crippen LogP contribution in [0.5, 0.6) is 0 Å². The molecule has 2 fully saturated rings. The molecule has 1 unspecified atom stereocenters. The lowest BCUT2D eigenvalue weighted by atomic mass is 10.0. The number of likely N-dealkylation sites (tertiary alicyclic amines) is 1. The third-order valence-corrected chi connectivity index (χ3v) is 3.76. The zero-order chi connectivity index (χ0) is 9.97. The number of hydrogen-bond donors (Lipinski definition) is 1. The minimum Gasteiger partial charge on any atom is -0.314 e. The summed E-state index contributed by atoms with van der Waals surface area (Å²) in [7, 11) is 4.50. The van der Waals surface area contributed by atoms with Gasteiger partial charge in [0.05, 0.1) is 0 Å². The average Bonchev–Trinajstić information content (AvgIpc) is 2.45. The summed E-state index contributed by atoms with van der Waals surface area (Å²) in [6.45, 7) is 6.29. The molecule has 14 heavy (non-hydrogen) atoms. The molecule has 1 N–H and O–H groups in total. The molecule has 0 aliphatic carbocycles. The van der Waals surface area contributed by atoms with E-state index >= 15 is 0 Å². The lowest BCUT2D eigenvalue weighted by Gasteiger charge is -2.36. The Hall–Kier alpha value is -0.120. The highest BCUT2D eigenvalue weighted by Gasteiger charge is 2.23. The van der Waals surface area contributed by atoms with Gasteiger partial charge in [-0.2, -0.15) is 0 Å². The quantitative estimate of drug-likeness (QED) is 0.696. The van der Waals surface area contributed by atoms with E-state index in [0.29, 0.717) is 0 Å². The second-order valence-electron chi connectivity index (χ2n) is 5.00. The maximum absolute atomic E-state index is 3.33. The fraction of sp³-hybridized carbons (Fsp3) is 1.00. The van der Waals surface area contributed by atoms with Crippen molar-refractivity contribution in [3.8, 4) is 0 Å². The molecular formula is C11H23N3. The number of nitrogens with zero attached hydrogens (tertiary/aromatic N) is 2. The van der Waals surface area contributed by atoms with Crippen LogP contribution < -0.4 is 5.32 Å². The van der Waals surface area contributed by atoms with Crippen LogP contribution >= 0.6 is 0 Å². The molecule has 0 saturated carbocycles. The van der Waals surface area contributed by atoms with Gasteiger partial charge in [0.2, 0.25) is 0 Å². The summed E-state index contributed by atoms with van der Waals surface area (Å²) in [5.74, 6) is 0.954. The summed E-state index contributed by atoms with van der Waals surface area (Å²) in [6, 6.07) is 0.814. The van der Waals surface area contributed by atoms with Crippen LogP contribution in [0.4, 0.5) is 0 Å². The Balaban J connectivity index is 1.61. The molecule has 82 valence electrons. The van der Waals surface area contributed by atoms with Crippen molar-refractivity contribution in [1.82, 2.24) is 15.1 Å². The van der Waals surface area contributed by atoms with E-state index in [1.165, 1.54) is 45.6 Å². The van der Waals surface area contributed by atoms with E-state index < -0.39 is 0 Å². The smallest absolute Gasteiger partial charge is 0.0342 e. The first-order valence-electron chi connectivity index (χ1n) is 5.85. The van der Waals surface area contributed by atoms with Crippen LogP contribution in [-0.2, 0) is 0 Å². The van der Waals surface area contributed by atoms with Crippen molar-refractivity contribution >= 4 is 0 Å². The number of hydrogen-bond acceptors (Lipinski definition) is 3. The Morgan fingerprint density at radius 1 is 1.43 bits per heavy atom. The molecule has 2 saturated heterocycles. The molecule has 1 atom stereocenters. The van der Waals surface area contributed by atoms with Gasteiger partial charge < -0.3 is 15.1 Å². The largest absolute Gasteiger partial charge is 0.314 e. The summed E-state index contributed by atoms with van der Waals surface area (Å²) in [5.41, 5.74) is 0. The Morgan fingerprint density at radius 2 is 2.21 bits per heavy atom. The molecule has 0 aromatic carbocycles. The van der Waals surface area contributed by atoms with Crippen molar-refractivity contribution in [3.63, 3.8) is 0 Å². The molecule has 0 aromatic heterocycles. The summed E-state index contributed by atoms with van der Waals surface area (Å²) < 4.78 is 0. The summed E-state index contributed by atoms with van der Waals surface area (Å²) >= 11 is 0. The van der Waals surface area contributed by atoms with Gasteiger partial charge in [-0.15, -0.1) is 0 Å². The lowest BCUT2D eigenvalue weighted by molar-refractivity contribution is 0.170. The fourth-order valence-corrected chi connectivity index (χ4v) is 2.42. The fourth-order valence-electron chi connectivity index (χ4n) is 2.42. The molecule has 0 amide bonds. The standard InChI is InChI=1S/C11H23N3/c1-13-5-3-10(9-13)4-6-14(2)11-7-12-8-11/h10-12H,3-9H2,1-2H3. The molecule has 3 nitrogen and oxygen atoms in total. The predicted octanol–water partition coefficient (Wildman–Crippen LogP) is 0.232. The second kappa shape index (κ2) is 4.60. The molecule has 0 aromatic rings. The van der Waals surface area contributed by atoms with E-state index in [1.807, 2.05) is 0 Å². The number of likely N-dealkylation sites (N-methyl/N-ethyl adjacent to an activating group) is 1. The van der Waals surface area contributed by atoms with Gasteiger partial charge >= 0.3 is 0 Å². The first kappa shape index (κ1) is 10.4. The Kier molecular flexibility index (Phi) is 3.42. The van der Waals surface area contributed by atoms with Gasteiger partial charge in [0, 0.05) is 25.7 Å². The van der Waals surface area contributed by atoms with Crippen molar-refractivity contribution in [3.05, 3.63) is 0 Å². The van der Waals surface area contributed by atoms with E-state index in [4.69, 9.17) is 0 Å². The van der Waals surface area contributed by atoms with Gasteiger partial charge in [-0.1, -0.05) is 0 Å². The second-order valence-corrected chi connectivity index (χ2v) is 5.00. The van der Waals surface area contributed by atoms with Gasteiger partial charge in [-0.3, -0.25) is 0 Å². The summed E-state index contributed by atoms with van der Waals surface area (Å²) in [4.78, 5) is 4.98. The number of nitrogens with one attached hydrogen (secondary N) is 1. The maximum Gasteiger partial charge on any atom is 0.0342 e. The Labute approximate surface area is 87.4 Å². The summed E-state index contributed by atoms with van der Waals surface area (Å²) in [5, 5.41) is 3.33. The highest BCUT2D eigenvalue weighted by atomic mass is 15.2. The van der Waals surface area contributed by atoms with Crippen LogP contribution in [0.1, 0.15) is 12.8 Å². The third-order valence-electron chi connectivity index (χ3n) is 3.76. The molecule has 2 rings (SSSR count). The van der Waals surface area contributed by atoms with Crippen LogP contribution in [0, 0.1) is 5.92 Å². The monoisotopic (exact) mass is 197 g/mol. The normalized spacial score (nSPS) is 29.8. The highest BCUT2D eigenvalue weighted by Crippen LogP contribution is 2.18. The maximum atomic E-state index is 3.33. The van der Waals surface area contributed by atoms with E-state index in [2.05, 4.69) is 29.2 Å². The van der Waals surface area contributed by atoms with Crippen molar-refractivity contribution in [1.29, 1.82) is 0 Å². The van der Waals surface area contributed by atoms with E-state index in [1.54, 1.807) is 0 Å². The first-order valence-corrected chi connectivity index (χ1v) is 5.85. The molecule has 0 radical (unpaired) electrons. The third kappa shape index (κ3) is 2.47. The molecule has 0 bridgehead atoms. The molecule has 2 aliphatic rings. The zero-order valence-corrected chi connectivity index (χ0v) is 9.50. The van der Waals surface area contributed by atoms with Crippen LogP contribution in [0.2, 0.25) is 0 Å². The van der Waals surface area contributed by atoms with Crippen molar-refractivity contribution in [2.75, 3.05) is 46.8 Å². The van der Waals surface area contributed by atoms with Crippen LogP contribution in [0.3, 0.4) is 0 Å². The van der Waals surface area contributed by atoms with Crippen LogP contribution in [-0.4, -0.2) is 62.7 Å². The highest BCUT2D eigenvalue weighted by molar-refractivity contribution is 4.83. The zero-order valence-electron chi connectivity index (χ0n) is 9.50. The van der Waals surface area contributed by atoms with Gasteiger partial charge in [0.25, 0.3) is 0 Å². The molecular weight excluding hydrogens is 174 g/mol. The number of rotatable bonds is 4. The van der Waals surface area contributed by atoms with E-state index in [-0.39, 0.29) is 0 Å². The van der Waals surface area contributed by atoms with Crippen LogP contribution in [0.25, 0.3) is 0 Å². The summed E-state index contributed by atoms with van der Waals surface area (Å²) in [6.07, 6.45) is 2.80. The molecule has 2 aliphatic heterocycles. The topological polar surface area (TPSA) is 18.5 Å². The van der Waals surface area contributed by atoms with Gasteiger partial charge in [-0.05, 0) is 45.9 Å². The lowest BCUT2D eigenvalue weighted by Crippen LogP contribution is -2.56. The Bertz CT molecular complexity index is 177.